The molecule has 0 aliphatic rings. The molecule has 1 heterocycles. The standard InChI is InChI=1S/C18H29F3N6O2/c1-5-22-15(26-11-12-27-16(28)29-17(2,3)4)25-10-9-24-14-13(18(19,20)21)7-6-8-23-14/h6-8H,5,9-12H2,1-4H3,(H,23,24)(H,27,28)(H2,22,25,26). The number of rotatable bonds is 8. The Morgan fingerprint density at radius 1 is 1.14 bits per heavy atom. The summed E-state index contributed by atoms with van der Waals surface area (Å²) in [5, 5.41) is 11.3. The molecule has 0 aromatic carbocycles. The molecular formula is C18H29F3N6O2. The van der Waals surface area contributed by atoms with Crippen LogP contribution >= 0.6 is 0 Å². The van der Waals surface area contributed by atoms with Crippen LogP contribution in [-0.4, -0.2) is 55.4 Å². The maximum absolute atomic E-state index is 12.9. The van der Waals surface area contributed by atoms with Gasteiger partial charge in [0.25, 0.3) is 0 Å². The normalized spacial score (nSPS) is 12.3. The van der Waals surface area contributed by atoms with Crippen LogP contribution in [0.4, 0.5) is 23.8 Å². The van der Waals surface area contributed by atoms with E-state index in [1.165, 1.54) is 12.3 Å². The molecule has 11 heteroatoms. The number of pyridine rings is 1. The number of ether oxygens (including phenoxy) is 1. The molecular weight excluding hydrogens is 389 g/mol. The number of anilines is 1. The zero-order chi connectivity index (χ0) is 21.9. The Balaban J connectivity index is 2.44. The summed E-state index contributed by atoms with van der Waals surface area (Å²) in [6.07, 6.45) is -3.69. The lowest BCUT2D eigenvalue weighted by Gasteiger charge is -2.20. The lowest BCUT2D eigenvalue weighted by Crippen LogP contribution is -2.42. The highest BCUT2D eigenvalue weighted by Gasteiger charge is 2.33. The zero-order valence-corrected chi connectivity index (χ0v) is 17.1. The van der Waals surface area contributed by atoms with E-state index in [4.69, 9.17) is 4.74 Å². The second-order valence-corrected chi connectivity index (χ2v) is 6.94. The van der Waals surface area contributed by atoms with Crippen LogP contribution in [-0.2, 0) is 10.9 Å². The van der Waals surface area contributed by atoms with Crippen molar-refractivity contribution in [3.63, 3.8) is 0 Å². The fourth-order valence-corrected chi connectivity index (χ4v) is 2.12. The summed E-state index contributed by atoms with van der Waals surface area (Å²) >= 11 is 0. The van der Waals surface area contributed by atoms with E-state index in [0.717, 1.165) is 6.07 Å². The molecule has 0 spiro atoms. The van der Waals surface area contributed by atoms with E-state index in [2.05, 4.69) is 31.2 Å². The Morgan fingerprint density at radius 3 is 2.45 bits per heavy atom. The molecule has 1 aromatic heterocycles. The van der Waals surface area contributed by atoms with E-state index >= 15 is 0 Å². The van der Waals surface area contributed by atoms with Crippen molar-refractivity contribution in [1.29, 1.82) is 0 Å². The summed E-state index contributed by atoms with van der Waals surface area (Å²) in [5.74, 6) is 0.257. The number of hydrogen-bond acceptors (Lipinski definition) is 5. The first kappa shape index (κ1) is 24.3. The Kier molecular flexibility index (Phi) is 9.49. The van der Waals surface area contributed by atoms with Crippen molar-refractivity contribution in [2.24, 2.45) is 4.99 Å². The molecule has 1 rings (SSSR count). The van der Waals surface area contributed by atoms with E-state index in [-0.39, 0.29) is 18.9 Å². The van der Waals surface area contributed by atoms with Crippen molar-refractivity contribution in [2.75, 3.05) is 38.0 Å². The number of nitrogens with one attached hydrogen (secondary N) is 4. The molecule has 0 unspecified atom stereocenters. The number of halogens is 3. The van der Waals surface area contributed by atoms with Gasteiger partial charge in [-0.25, -0.2) is 9.78 Å². The molecule has 0 bridgehead atoms. The van der Waals surface area contributed by atoms with Crippen LogP contribution in [0, 0.1) is 0 Å². The number of aromatic nitrogens is 1. The molecule has 4 N–H and O–H groups in total. The lowest BCUT2D eigenvalue weighted by atomic mass is 10.2. The van der Waals surface area contributed by atoms with Crippen LogP contribution in [0.2, 0.25) is 0 Å². The Bertz CT molecular complexity index is 674. The molecule has 1 amide bonds. The number of aliphatic imine (C=N–C) groups is 1. The van der Waals surface area contributed by atoms with Gasteiger partial charge in [0.05, 0.1) is 12.1 Å². The third kappa shape index (κ3) is 10.4. The summed E-state index contributed by atoms with van der Waals surface area (Å²) in [7, 11) is 0. The topological polar surface area (TPSA) is 99.7 Å². The quantitative estimate of drug-likeness (QED) is 0.294. The highest BCUT2D eigenvalue weighted by molar-refractivity contribution is 5.79. The van der Waals surface area contributed by atoms with Crippen molar-refractivity contribution in [3.8, 4) is 0 Å². The van der Waals surface area contributed by atoms with Crippen LogP contribution in [0.1, 0.15) is 33.3 Å². The van der Waals surface area contributed by atoms with Crippen LogP contribution < -0.4 is 21.3 Å². The molecule has 0 atom stereocenters. The minimum absolute atomic E-state index is 0.173. The predicted molar refractivity (Wildman–Crippen MR) is 106 cm³/mol. The second kappa shape index (κ2) is 11.3. The fraction of sp³-hybridized carbons (Fsp3) is 0.611. The smallest absolute Gasteiger partial charge is 0.419 e. The van der Waals surface area contributed by atoms with Crippen molar-refractivity contribution >= 4 is 17.9 Å². The summed E-state index contributed by atoms with van der Waals surface area (Å²) in [6.45, 7) is 8.94. The van der Waals surface area contributed by atoms with E-state index < -0.39 is 23.4 Å². The molecule has 0 aliphatic heterocycles. The first-order chi connectivity index (χ1) is 13.5. The van der Waals surface area contributed by atoms with Gasteiger partial charge in [0.2, 0.25) is 0 Å². The molecule has 0 radical (unpaired) electrons. The number of hydrogen-bond donors (Lipinski definition) is 4. The minimum atomic E-state index is -4.47. The van der Waals surface area contributed by atoms with Crippen molar-refractivity contribution in [3.05, 3.63) is 23.9 Å². The SMILES string of the molecule is CCNC(=NCCNc1ncccc1C(F)(F)F)NCCNC(=O)OC(C)(C)C. The van der Waals surface area contributed by atoms with Crippen LogP contribution in [0.15, 0.2) is 23.3 Å². The Labute approximate surface area is 168 Å². The van der Waals surface area contributed by atoms with Gasteiger partial charge in [-0.1, -0.05) is 0 Å². The van der Waals surface area contributed by atoms with Crippen molar-refractivity contribution in [1.82, 2.24) is 20.9 Å². The number of nitrogens with zero attached hydrogens (tertiary/aromatic N) is 2. The van der Waals surface area contributed by atoms with Crippen molar-refractivity contribution in [2.45, 2.75) is 39.5 Å². The molecule has 29 heavy (non-hydrogen) atoms. The highest BCUT2D eigenvalue weighted by atomic mass is 19.4. The predicted octanol–water partition coefficient (Wildman–Crippen LogP) is 2.59. The third-order valence-electron chi connectivity index (χ3n) is 3.22. The Morgan fingerprint density at radius 2 is 1.83 bits per heavy atom. The summed E-state index contributed by atoms with van der Waals surface area (Å²) in [5.41, 5.74) is -1.39. The van der Waals surface area contributed by atoms with Gasteiger partial charge in [-0.2, -0.15) is 13.2 Å². The maximum atomic E-state index is 12.9. The molecule has 0 fully saturated rings. The lowest BCUT2D eigenvalue weighted by molar-refractivity contribution is -0.137. The van der Waals surface area contributed by atoms with E-state index in [9.17, 15) is 18.0 Å². The first-order valence-electron chi connectivity index (χ1n) is 9.28. The first-order valence-corrected chi connectivity index (χ1v) is 9.28. The van der Waals surface area contributed by atoms with Gasteiger partial charge in [-0.05, 0) is 39.8 Å². The van der Waals surface area contributed by atoms with E-state index in [0.29, 0.717) is 25.6 Å². The van der Waals surface area contributed by atoms with Gasteiger partial charge in [0.1, 0.15) is 11.4 Å². The van der Waals surface area contributed by atoms with Crippen LogP contribution in [0.5, 0.6) is 0 Å². The van der Waals surface area contributed by atoms with Gasteiger partial charge in [-0.3, -0.25) is 4.99 Å². The van der Waals surface area contributed by atoms with Crippen LogP contribution in [0.25, 0.3) is 0 Å². The van der Waals surface area contributed by atoms with Gasteiger partial charge in [0, 0.05) is 32.4 Å². The molecule has 1 aromatic rings. The third-order valence-corrected chi connectivity index (χ3v) is 3.22. The largest absolute Gasteiger partial charge is 0.444 e. The maximum Gasteiger partial charge on any atom is 0.419 e. The number of amides is 1. The number of guanidine groups is 1. The van der Waals surface area contributed by atoms with Gasteiger partial charge in [0.15, 0.2) is 5.96 Å². The van der Waals surface area contributed by atoms with Crippen molar-refractivity contribution < 1.29 is 22.7 Å². The molecule has 0 aliphatic carbocycles. The monoisotopic (exact) mass is 418 g/mol. The van der Waals surface area contributed by atoms with Gasteiger partial charge >= 0.3 is 12.3 Å². The Hall–Kier alpha value is -2.72. The van der Waals surface area contributed by atoms with Gasteiger partial charge < -0.3 is 26.0 Å². The number of carbonyl (C=O) groups excluding carboxylic acids is 1. The number of alkyl carbamates (subject to hydrolysis) is 1. The average Bonchev–Trinajstić information content (AvgIpc) is 2.60. The summed E-state index contributed by atoms with van der Waals surface area (Å²) in [6, 6.07) is 2.21. The average molecular weight is 418 g/mol. The summed E-state index contributed by atoms with van der Waals surface area (Å²) in [4.78, 5) is 19.6. The fourth-order valence-electron chi connectivity index (χ4n) is 2.12. The molecule has 0 saturated heterocycles. The van der Waals surface area contributed by atoms with E-state index in [1.54, 1.807) is 20.8 Å². The second-order valence-electron chi connectivity index (χ2n) is 6.94. The molecule has 8 nitrogen and oxygen atoms in total. The molecule has 164 valence electrons. The number of carbonyl (C=O) groups is 1. The van der Waals surface area contributed by atoms with Gasteiger partial charge in [-0.15, -0.1) is 0 Å². The zero-order valence-electron chi connectivity index (χ0n) is 17.1. The minimum Gasteiger partial charge on any atom is -0.444 e. The van der Waals surface area contributed by atoms with Crippen LogP contribution in [0.3, 0.4) is 0 Å². The molecule has 0 saturated carbocycles. The number of alkyl halides is 3. The highest BCUT2D eigenvalue weighted by Crippen LogP contribution is 2.33. The summed E-state index contributed by atoms with van der Waals surface area (Å²) < 4.78 is 44.0. The van der Waals surface area contributed by atoms with E-state index in [1.807, 2.05) is 6.92 Å².